The summed E-state index contributed by atoms with van der Waals surface area (Å²) in [6.45, 7) is 4.12. The van der Waals surface area contributed by atoms with Gasteiger partial charge in [0.05, 0.1) is 12.0 Å². The number of pyridine rings is 1. The lowest BCUT2D eigenvalue weighted by Gasteiger charge is -2.32. The lowest BCUT2D eigenvalue weighted by atomic mass is 9.81. The van der Waals surface area contributed by atoms with Crippen LogP contribution in [0.5, 0.6) is 0 Å². The maximum absolute atomic E-state index is 12.5. The standard InChI is InChI=1S/C15H23BrN4O2.2ClH/c1-4-15(5-2,10-17)14(22)20(3)9-13(21)19-12-7-6-11(16)8-18-12;;/h6-8H,4-5,9-10,17H2,1-3H3,(H,18,19,21);2*1H. The van der Waals surface area contributed by atoms with Crippen LogP contribution in [-0.2, 0) is 9.59 Å². The number of nitrogens with two attached hydrogens (primary N) is 1. The number of rotatable bonds is 7. The molecule has 138 valence electrons. The minimum atomic E-state index is -0.592. The van der Waals surface area contributed by atoms with E-state index in [9.17, 15) is 9.59 Å². The van der Waals surface area contributed by atoms with Crippen molar-refractivity contribution in [1.29, 1.82) is 0 Å². The Kier molecular flexibility index (Phi) is 12.3. The van der Waals surface area contributed by atoms with Crippen LogP contribution in [0.25, 0.3) is 0 Å². The fourth-order valence-corrected chi connectivity index (χ4v) is 2.49. The van der Waals surface area contributed by atoms with E-state index in [2.05, 4.69) is 26.2 Å². The fourth-order valence-electron chi connectivity index (χ4n) is 2.25. The summed E-state index contributed by atoms with van der Waals surface area (Å²) >= 11 is 3.28. The van der Waals surface area contributed by atoms with Crippen LogP contribution in [0.3, 0.4) is 0 Å². The normalized spacial score (nSPS) is 10.2. The van der Waals surface area contributed by atoms with Gasteiger partial charge in [-0.05, 0) is 40.9 Å². The second kappa shape index (κ2) is 11.6. The molecule has 1 rings (SSSR count). The SMILES string of the molecule is CCC(CC)(CN)C(=O)N(C)CC(=O)Nc1ccc(Br)cn1.Cl.Cl. The minimum absolute atomic E-state index is 0. The predicted octanol–water partition coefficient (Wildman–Crippen LogP) is 2.85. The van der Waals surface area contributed by atoms with E-state index < -0.39 is 5.41 Å². The lowest BCUT2D eigenvalue weighted by molar-refractivity contribution is -0.142. The first kappa shape index (κ1) is 25.4. The summed E-state index contributed by atoms with van der Waals surface area (Å²) in [5, 5.41) is 2.66. The van der Waals surface area contributed by atoms with Gasteiger partial charge in [0, 0.05) is 24.3 Å². The number of amides is 2. The molecular weight excluding hydrogens is 419 g/mol. The number of hydrogen-bond acceptors (Lipinski definition) is 4. The van der Waals surface area contributed by atoms with Gasteiger partial charge in [0.1, 0.15) is 5.82 Å². The van der Waals surface area contributed by atoms with E-state index in [-0.39, 0.29) is 49.7 Å². The Hall–Kier alpha value is -0.890. The molecule has 0 bridgehead atoms. The molecule has 6 nitrogen and oxygen atoms in total. The molecule has 24 heavy (non-hydrogen) atoms. The smallest absolute Gasteiger partial charge is 0.245 e. The molecule has 2 amide bonds. The predicted molar refractivity (Wildman–Crippen MR) is 105 cm³/mol. The Morgan fingerprint density at radius 3 is 2.29 bits per heavy atom. The molecule has 0 atom stereocenters. The van der Waals surface area contributed by atoms with Crippen LogP contribution in [0, 0.1) is 5.41 Å². The number of aromatic nitrogens is 1. The number of halogens is 3. The molecule has 0 radical (unpaired) electrons. The number of carbonyl (C=O) groups is 2. The zero-order chi connectivity index (χ0) is 16.8. The van der Waals surface area contributed by atoms with Crippen molar-refractivity contribution in [3.63, 3.8) is 0 Å². The molecule has 0 saturated heterocycles. The first-order valence-electron chi connectivity index (χ1n) is 7.25. The van der Waals surface area contributed by atoms with Gasteiger partial charge in [-0.25, -0.2) is 4.98 Å². The van der Waals surface area contributed by atoms with Gasteiger partial charge in [0.15, 0.2) is 0 Å². The van der Waals surface area contributed by atoms with Crippen molar-refractivity contribution in [3.8, 4) is 0 Å². The number of hydrogen-bond donors (Lipinski definition) is 2. The molecule has 0 aliphatic rings. The fraction of sp³-hybridized carbons (Fsp3) is 0.533. The van der Waals surface area contributed by atoms with E-state index in [1.807, 2.05) is 13.8 Å². The molecule has 0 aliphatic carbocycles. The van der Waals surface area contributed by atoms with Crippen LogP contribution in [0.15, 0.2) is 22.8 Å². The van der Waals surface area contributed by atoms with Crippen LogP contribution < -0.4 is 11.1 Å². The van der Waals surface area contributed by atoms with Gasteiger partial charge < -0.3 is 16.0 Å². The largest absolute Gasteiger partial charge is 0.336 e. The third-order valence-corrected chi connectivity index (χ3v) is 4.39. The molecular formula is C15H25BrCl2N4O2. The Morgan fingerprint density at radius 2 is 1.88 bits per heavy atom. The van der Waals surface area contributed by atoms with Crippen LogP contribution in [0.1, 0.15) is 26.7 Å². The summed E-state index contributed by atoms with van der Waals surface area (Å²) in [5.41, 5.74) is 5.18. The van der Waals surface area contributed by atoms with E-state index >= 15 is 0 Å². The van der Waals surface area contributed by atoms with Gasteiger partial charge in [-0.3, -0.25) is 9.59 Å². The van der Waals surface area contributed by atoms with Crippen LogP contribution in [0.2, 0.25) is 0 Å². The maximum atomic E-state index is 12.5. The first-order chi connectivity index (χ1) is 10.4. The van der Waals surface area contributed by atoms with Crippen molar-refractivity contribution in [3.05, 3.63) is 22.8 Å². The highest BCUT2D eigenvalue weighted by Crippen LogP contribution is 2.27. The number of carbonyl (C=O) groups excluding carboxylic acids is 2. The van der Waals surface area contributed by atoms with Crippen molar-refractivity contribution in [2.75, 3.05) is 25.5 Å². The third-order valence-electron chi connectivity index (χ3n) is 3.92. The number of nitrogens with one attached hydrogen (secondary N) is 1. The molecule has 1 heterocycles. The monoisotopic (exact) mass is 442 g/mol. The molecule has 1 aromatic rings. The van der Waals surface area contributed by atoms with Crippen molar-refractivity contribution < 1.29 is 9.59 Å². The van der Waals surface area contributed by atoms with Gasteiger partial charge in [0.2, 0.25) is 11.8 Å². The molecule has 3 N–H and O–H groups in total. The third kappa shape index (κ3) is 6.55. The summed E-state index contributed by atoms with van der Waals surface area (Å²) in [7, 11) is 1.62. The highest BCUT2D eigenvalue weighted by Gasteiger charge is 2.36. The Morgan fingerprint density at radius 1 is 1.29 bits per heavy atom. The summed E-state index contributed by atoms with van der Waals surface area (Å²) in [6, 6.07) is 3.47. The van der Waals surface area contributed by atoms with E-state index in [1.54, 1.807) is 25.4 Å². The van der Waals surface area contributed by atoms with E-state index in [0.29, 0.717) is 18.7 Å². The second-order valence-electron chi connectivity index (χ2n) is 5.26. The zero-order valence-electron chi connectivity index (χ0n) is 14.0. The van der Waals surface area contributed by atoms with Gasteiger partial charge in [-0.1, -0.05) is 13.8 Å². The summed E-state index contributed by atoms with van der Waals surface area (Å²) in [5.74, 6) is 0.0628. The van der Waals surface area contributed by atoms with Gasteiger partial charge in [-0.15, -0.1) is 24.8 Å². The molecule has 0 aliphatic heterocycles. The molecule has 0 fully saturated rings. The molecule has 0 spiro atoms. The van der Waals surface area contributed by atoms with Crippen LogP contribution in [0.4, 0.5) is 5.82 Å². The first-order valence-corrected chi connectivity index (χ1v) is 8.05. The zero-order valence-corrected chi connectivity index (χ0v) is 17.3. The van der Waals surface area contributed by atoms with Gasteiger partial charge >= 0.3 is 0 Å². The molecule has 0 unspecified atom stereocenters. The van der Waals surface area contributed by atoms with Crippen molar-refractivity contribution in [2.45, 2.75) is 26.7 Å². The van der Waals surface area contributed by atoms with E-state index in [0.717, 1.165) is 4.47 Å². The molecule has 0 saturated carbocycles. The quantitative estimate of drug-likeness (QED) is 0.677. The van der Waals surface area contributed by atoms with Crippen molar-refractivity contribution in [2.24, 2.45) is 11.1 Å². The maximum Gasteiger partial charge on any atom is 0.245 e. The van der Waals surface area contributed by atoms with Gasteiger partial charge in [-0.2, -0.15) is 0 Å². The molecule has 0 aromatic carbocycles. The second-order valence-corrected chi connectivity index (χ2v) is 6.18. The Bertz CT molecular complexity index is 516. The van der Waals surface area contributed by atoms with Crippen molar-refractivity contribution in [1.82, 2.24) is 9.88 Å². The summed E-state index contributed by atoms with van der Waals surface area (Å²) < 4.78 is 0.830. The Balaban J connectivity index is 0. The van der Waals surface area contributed by atoms with E-state index in [4.69, 9.17) is 5.73 Å². The molecule has 9 heteroatoms. The average Bonchev–Trinajstić information content (AvgIpc) is 2.51. The summed E-state index contributed by atoms with van der Waals surface area (Å²) in [4.78, 5) is 30.0. The van der Waals surface area contributed by atoms with Crippen LogP contribution >= 0.6 is 40.7 Å². The minimum Gasteiger partial charge on any atom is -0.336 e. The summed E-state index contributed by atoms with van der Waals surface area (Å²) in [6.07, 6.45) is 2.90. The topological polar surface area (TPSA) is 88.3 Å². The van der Waals surface area contributed by atoms with Crippen molar-refractivity contribution >= 4 is 58.4 Å². The average molecular weight is 444 g/mol. The number of anilines is 1. The number of nitrogens with zero attached hydrogens (tertiary/aromatic N) is 2. The number of likely N-dealkylation sites (N-methyl/N-ethyl adjacent to an activating group) is 1. The Labute approximate surface area is 163 Å². The highest BCUT2D eigenvalue weighted by molar-refractivity contribution is 9.10. The van der Waals surface area contributed by atoms with E-state index in [1.165, 1.54) is 4.90 Å². The van der Waals surface area contributed by atoms with Gasteiger partial charge in [0.25, 0.3) is 0 Å². The lowest BCUT2D eigenvalue weighted by Crippen LogP contribution is -2.48. The highest BCUT2D eigenvalue weighted by atomic mass is 79.9. The van der Waals surface area contributed by atoms with Crippen LogP contribution in [-0.4, -0.2) is 41.8 Å². The molecule has 1 aromatic heterocycles.